The number of terminal acetylenes is 1. The van der Waals surface area contributed by atoms with Crippen molar-refractivity contribution < 1.29 is 0 Å². The molecule has 0 amide bonds. The SMILES string of the molecule is C#CCNC(C)(C)CN(C)Cc1ccccc1. The quantitative estimate of drug-likeness (QED) is 0.753. The van der Waals surface area contributed by atoms with Crippen LogP contribution >= 0.6 is 0 Å². The minimum absolute atomic E-state index is 0.0376. The molecule has 2 nitrogen and oxygen atoms in total. The second kappa shape index (κ2) is 6.44. The van der Waals surface area contributed by atoms with Crippen molar-refractivity contribution in [2.75, 3.05) is 20.1 Å². The lowest BCUT2D eigenvalue weighted by Gasteiger charge is -2.31. The van der Waals surface area contributed by atoms with Crippen molar-refractivity contribution in [3.05, 3.63) is 35.9 Å². The van der Waals surface area contributed by atoms with Crippen LogP contribution in [0.3, 0.4) is 0 Å². The van der Waals surface area contributed by atoms with E-state index in [9.17, 15) is 0 Å². The van der Waals surface area contributed by atoms with E-state index in [1.165, 1.54) is 5.56 Å². The molecule has 1 rings (SSSR count). The van der Waals surface area contributed by atoms with Gasteiger partial charge in [0, 0.05) is 18.6 Å². The topological polar surface area (TPSA) is 15.3 Å². The van der Waals surface area contributed by atoms with Crippen LogP contribution in [0.4, 0.5) is 0 Å². The highest BCUT2D eigenvalue weighted by Crippen LogP contribution is 2.08. The molecule has 0 saturated heterocycles. The van der Waals surface area contributed by atoms with Gasteiger partial charge in [0.2, 0.25) is 0 Å². The van der Waals surface area contributed by atoms with Gasteiger partial charge in [-0.3, -0.25) is 5.32 Å². The predicted molar refractivity (Wildman–Crippen MR) is 73.7 cm³/mol. The Morgan fingerprint density at radius 2 is 1.94 bits per heavy atom. The molecule has 0 aliphatic heterocycles. The molecule has 1 N–H and O–H groups in total. The number of nitrogens with one attached hydrogen (secondary N) is 1. The molecule has 0 heterocycles. The van der Waals surface area contributed by atoms with E-state index >= 15 is 0 Å². The summed E-state index contributed by atoms with van der Waals surface area (Å²) in [5.41, 5.74) is 1.37. The zero-order valence-electron chi connectivity index (χ0n) is 11.0. The molecular formula is C15H22N2. The second-order valence-corrected chi connectivity index (χ2v) is 5.10. The van der Waals surface area contributed by atoms with E-state index in [-0.39, 0.29) is 5.54 Å². The van der Waals surface area contributed by atoms with Gasteiger partial charge in [-0.05, 0) is 26.5 Å². The fourth-order valence-corrected chi connectivity index (χ4v) is 1.97. The van der Waals surface area contributed by atoms with Crippen LogP contribution in [-0.2, 0) is 6.54 Å². The number of rotatable bonds is 6. The Morgan fingerprint density at radius 3 is 2.53 bits per heavy atom. The van der Waals surface area contributed by atoms with Crippen LogP contribution in [0.25, 0.3) is 0 Å². The Bertz CT molecular complexity index is 362. The minimum Gasteiger partial charge on any atom is -0.300 e. The van der Waals surface area contributed by atoms with Gasteiger partial charge < -0.3 is 4.90 Å². The number of hydrogen-bond donors (Lipinski definition) is 1. The highest BCUT2D eigenvalue weighted by atomic mass is 15.1. The van der Waals surface area contributed by atoms with Gasteiger partial charge in [0.25, 0.3) is 0 Å². The summed E-state index contributed by atoms with van der Waals surface area (Å²) in [7, 11) is 2.13. The van der Waals surface area contributed by atoms with Gasteiger partial charge in [-0.15, -0.1) is 6.42 Å². The Labute approximate surface area is 105 Å². The molecule has 0 aromatic heterocycles. The maximum atomic E-state index is 5.26. The summed E-state index contributed by atoms with van der Waals surface area (Å²) in [6, 6.07) is 10.5. The minimum atomic E-state index is 0.0376. The molecule has 0 radical (unpaired) electrons. The molecule has 1 aromatic rings. The molecule has 0 bridgehead atoms. The molecule has 0 saturated carbocycles. The summed E-state index contributed by atoms with van der Waals surface area (Å²) in [4.78, 5) is 2.30. The largest absolute Gasteiger partial charge is 0.300 e. The van der Waals surface area contributed by atoms with Crippen molar-refractivity contribution in [1.82, 2.24) is 10.2 Å². The van der Waals surface area contributed by atoms with E-state index in [1.807, 2.05) is 6.07 Å². The van der Waals surface area contributed by atoms with Crippen molar-refractivity contribution in [1.29, 1.82) is 0 Å². The van der Waals surface area contributed by atoms with Gasteiger partial charge in [-0.2, -0.15) is 0 Å². The van der Waals surface area contributed by atoms with Crippen LogP contribution < -0.4 is 5.32 Å². The summed E-state index contributed by atoms with van der Waals surface area (Å²) in [5.74, 6) is 2.62. The van der Waals surface area contributed by atoms with Crippen molar-refractivity contribution >= 4 is 0 Å². The molecule has 0 unspecified atom stereocenters. The van der Waals surface area contributed by atoms with Crippen molar-refractivity contribution in [2.24, 2.45) is 0 Å². The van der Waals surface area contributed by atoms with Crippen LogP contribution in [0.5, 0.6) is 0 Å². The number of hydrogen-bond acceptors (Lipinski definition) is 2. The predicted octanol–water partition coefficient (Wildman–Crippen LogP) is 2.12. The smallest absolute Gasteiger partial charge is 0.0578 e. The molecule has 0 fully saturated rings. The van der Waals surface area contributed by atoms with Gasteiger partial charge >= 0.3 is 0 Å². The normalized spacial score (nSPS) is 11.5. The summed E-state index contributed by atoms with van der Waals surface area (Å²) in [6.07, 6.45) is 5.26. The number of benzene rings is 1. The van der Waals surface area contributed by atoms with Gasteiger partial charge in [0.05, 0.1) is 6.54 Å². The molecular weight excluding hydrogens is 208 g/mol. The van der Waals surface area contributed by atoms with E-state index in [0.29, 0.717) is 6.54 Å². The fourth-order valence-electron chi connectivity index (χ4n) is 1.97. The van der Waals surface area contributed by atoms with Crippen LogP contribution in [0.15, 0.2) is 30.3 Å². The van der Waals surface area contributed by atoms with Crippen LogP contribution in [0, 0.1) is 12.3 Å². The standard InChI is InChI=1S/C15H22N2/c1-5-11-16-15(2,3)13-17(4)12-14-9-7-6-8-10-14/h1,6-10,16H,11-13H2,2-4H3. The van der Waals surface area contributed by atoms with E-state index < -0.39 is 0 Å². The van der Waals surface area contributed by atoms with Gasteiger partial charge in [-0.1, -0.05) is 36.3 Å². The Balaban J connectivity index is 2.44. The maximum absolute atomic E-state index is 5.26. The third kappa shape index (κ3) is 5.53. The summed E-state index contributed by atoms with van der Waals surface area (Å²) < 4.78 is 0. The third-order valence-corrected chi connectivity index (χ3v) is 2.63. The van der Waals surface area contributed by atoms with E-state index in [1.54, 1.807) is 0 Å². The fraction of sp³-hybridized carbons (Fsp3) is 0.467. The Hall–Kier alpha value is -1.30. The lowest BCUT2D eigenvalue weighted by atomic mass is 10.0. The molecule has 0 aliphatic carbocycles. The maximum Gasteiger partial charge on any atom is 0.0578 e. The highest BCUT2D eigenvalue weighted by Gasteiger charge is 2.18. The average molecular weight is 230 g/mol. The van der Waals surface area contributed by atoms with Gasteiger partial charge in [0.1, 0.15) is 0 Å². The first-order valence-corrected chi connectivity index (χ1v) is 5.94. The van der Waals surface area contributed by atoms with E-state index in [4.69, 9.17) is 6.42 Å². The zero-order chi connectivity index (χ0) is 12.7. The highest BCUT2D eigenvalue weighted by molar-refractivity contribution is 5.14. The van der Waals surface area contributed by atoms with Crippen molar-refractivity contribution in [3.8, 4) is 12.3 Å². The summed E-state index contributed by atoms with van der Waals surface area (Å²) in [5, 5.41) is 3.35. The molecule has 2 heteroatoms. The molecule has 92 valence electrons. The molecule has 0 atom stereocenters. The van der Waals surface area contributed by atoms with Crippen LogP contribution in [0.1, 0.15) is 19.4 Å². The van der Waals surface area contributed by atoms with E-state index in [2.05, 4.69) is 61.3 Å². The summed E-state index contributed by atoms with van der Waals surface area (Å²) >= 11 is 0. The second-order valence-electron chi connectivity index (χ2n) is 5.10. The molecule has 0 aliphatic rings. The van der Waals surface area contributed by atoms with Gasteiger partial charge in [0.15, 0.2) is 0 Å². The summed E-state index contributed by atoms with van der Waals surface area (Å²) in [6.45, 7) is 6.88. The lowest BCUT2D eigenvalue weighted by molar-refractivity contribution is 0.234. The van der Waals surface area contributed by atoms with E-state index in [0.717, 1.165) is 13.1 Å². The van der Waals surface area contributed by atoms with Crippen LogP contribution in [-0.4, -0.2) is 30.6 Å². The first kappa shape index (κ1) is 13.8. The Kier molecular flexibility index (Phi) is 5.21. The molecule has 17 heavy (non-hydrogen) atoms. The monoisotopic (exact) mass is 230 g/mol. The number of nitrogens with zero attached hydrogens (tertiary/aromatic N) is 1. The molecule has 1 aromatic carbocycles. The molecule has 0 spiro atoms. The van der Waals surface area contributed by atoms with Crippen LogP contribution in [0.2, 0.25) is 0 Å². The number of likely N-dealkylation sites (N-methyl/N-ethyl adjacent to an activating group) is 1. The first-order chi connectivity index (χ1) is 8.03. The zero-order valence-corrected chi connectivity index (χ0v) is 11.0. The third-order valence-electron chi connectivity index (χ3n) is 2.63. The first-order valence-electron chi connectivity index (χ1n) is 5.94. The van der Waals surface area contributed by atoms with Crippen molar-refractivity contribution in [3.63, 3.8) is 0 Å². The van der Waals surface area contributed by atoms with Gasteiger partial charge in [-0.25, -0.2) is 0 Å². The Morgan fingerprint density at radius 1 is 1.29 bits per heavy atom. The van der Waals surface area contributed by atoms with Crippen molar-refractivity contribution in [2.45, 2.75) is 25.9 Å². The average Bonchev–Trinajstić information content (AvgIpc) is 2.27. The lowest BCUT2D eigenvalue weighted by Crippen LogP contribution is -2.48.